The van der Waals surface area contributed by atoms with E-state index in [2.05, 4.69) is 60.1 Å². The van der Waals surface area contributed by atoms with Gasteiger partial charge in [0.2, 0.25) is 0 Å². The van der Waals surface area contributed by atoms with Gasteiger partial charge in [-0.1, -0.05) is 68.4 Å². The summed E-state index contributed by atoms with van der Waals surface area (Å²) in [6.45, 7) is 2.23. The first-order valence-electron chi connectivity index (χ1n) is 9.57. The summed E-state index contributed by atoms with van der Waals surface area (Å²) in [5.41, 5.74) is 0. The quantitative estimate of drug-likeness (QED) is 0.157. The summed E-state index contributed by atoms with van der Waals surface area (Å²) >= 11 is 0. The molecule has 1 unspecified atom stereocenters. The lowest BCUT2D eigenvalue weighted by Gasteiger charge is -2.04. The summed E-state index contributed by atoms with van der Waals surface area (Å²) in [6.07, 6.45) is 27.8. The Morgan fingerprint density at radius 2 is 1.20 bits per heavy atom. The molecule has 0 aromatic carbocycles. The van der Waals surface area contributed by atoms with E-state index in [-0.39, 0.29) is 6.16 Å². The summed E-state index contributed by atoms with van der Waals surface area (Å²) in [5.74, 6) is 0. The van der Waals surface area contributed by atoms with Crippen LogP contribution in [0.1, 0.15) is 71.1 Å². The van der Waals surface area contributed by atoms with Crippen LogP contribution in [0.3, 0.4) is 0 Å². The molecule has 0 aliphatic rings. The van der Waals surface area contributed by atoms with Gasteiger partial charge in [-0.25, -0.2) is 0 Å². The van der Waals surface area contributed by atoms with Gasteiger partial charge in [-0.05, 0) is 51.4 Å². The second-order valence-electron chi connectivity index (χ2n) is 6.08. The lowest BCUT2D eigenvalue weighted by atomic mass is 10.2. The fraction of sp³-hybridized carbons (Fsp3) is 0.619. The van der Waals surface area contributed by atoms with Gasteiger partial charge in [0.1, 0.15) is 0 Å². The third-order valence-corrected chi connectivity index (χ3v) is 5.17. The molecule has 0 N–H and O–H groups in total. The second kappa shape index (κ2) is 17.9. The van der Waals surface area contributed by atoms with Gasteiger partial charge in [-0.15, -0.1) is 0 Å². The number of unbranched alkanes of at least 4 members (excludes halogenated alkanes) is 5. The van der Waals surface area contributed by atoms with Crippen LogP contribution in [0.5, 0.6) is 0 Å². The van der Waals surface area contributed by atoms with Crippen molar-refractivity contribution in [1.29, 1.82) is 0 Å². The number of hydrogen-bond acceptors (Lipinski definition) is 2. The molecule has 0 radical (unpaired) electrons. The Kier molecular flexibility index (Phi) is 17.2. The Hall–Kier alpha value is -0.920. The zero-order chi connectivity index (χ0) is 18.6. The topological polar surface area (TPSA) is 26.3 Å². The van der Waals surface area contributed by atoms with Crippen molar-refractivity contribution in [3.8, 4) is 0 Å². The maximum Gasteiger partial charge on any atom is 0.367 e. The lowest BCUT2D eigenvalue weighted by Crippen LogP contribution is -1.87. The van der Waals surface area contributed by atoms with Gasteiger partial charge in [-0.2, -0.15) is 4.20 Å². The van der Waals surface area contributed by atoms with Crippen molar-refractivity contribution >= 4 is 7.68 Å². The van der Waals surface area contributed by atoms with Crippen LogP contribution in [0, 0.1) is 0 Å². The van der Waals surface area contributed by atoms with Gasteiger partial charge in [0.25, 0.3) is 0 Å². The van der Waals surface area contributed by atoms with E-state index in [1.807, 2.05) is 0 Å². The highest BCUT2D eigenvalue weighted by Crippen LogP contribution is 2.48. The van der Waals surface area contributed by atoms with Gasteiger partial charge < -0.3 is 4.52 Å². The molecule has 4 heteroatoms. The molecule has 2 nitrogen and oxygen atoms in total. The van der Waals surface area contributed by atoms with Crippen LogP contribution in [-0.2, 0) is 9.09 Å². The third-order valence-electron chi connectivity index (χ3n) is 3.78. The van der Waals surface area contributed by atoms with Crippen molar-refractivity contribution in [2.45, 2.75) is 71.1 Å². The first-order valence-corrected chi connectivity index (χ1v) is 11.3. The van der Waals surface area contributed by atoms with Gasteiger partial charge in [-0.3, -0.25) is 4.57 Å². The van der Waals surface area contributed by atoms with Crippen molar-refractivity contribution in [3.05, 3.63) is 48.6 Å². The van der Waals surface area contributed by atoms with Gasteiger partial charge in [0.15, 0.2) is 0 Å². The molecule has 0 spiro atoms. The minimum atomic E-state index is -3.81. The fourth-order valence-corrected chi connectivity index (χ4v) is 3.00. The lowest BCUT2D eigenvalue weighted by molar-refractivity contribution is 0.354. The summed E-state index contributed by atoms with van der Waals surface area (Å²) in [5, 5.41) is 0. The molecule has 0 bridgehead atoms. The van der Waals surface area contributed by atoms with E-state index >= 15 is 0 Å². The van der Waals surface area contributed by atoms with E-state index < -0.39 is 7.68 Å². The highest BCUT2D eigenvalue weighted by Gasteiger charge is 2.18. The minimum Gasteiger partial charge on any atom is -0.309 e. The highest BCUT2D eigenvalue weighted by molar-refractivity contribution is 7.53. The molecule has 0 fully saturated rings. The molecular formula is C21H36FO2P. The summed E-state index contributed by atoms with van der Waals surface area (Å²) in [7, 11) is -2.65. The Balaban J connectivity index is 3.47. The molecule has 144 valence electrons. The van der Waals surface area contributed by atoms with Gasteiger partial charge in [0, 0.05) is 7.11 Å². The maximum atomic E-state index is 13.0. The van der Waals surface area contributed by atoms with Gasteiger partial charge >= 0.3 is 7.68 Å². The highest BCUT2D eigenvalue weighted by atomic mass is 31.2. The van der Waals surface area contributed by atoms with Crippen molar-refractivity contribution in [1.82, 2.24) is 0 Å². The van der Waals surface area contributed by atoms with Crippen LogP contribution < -0.4 is 0 Å². The summed E-state index contributed by atoms with van der Waals surface area (Å²) in [4.78, 5) is 0. The van der Waals surface area contributed by atoms with Crippen LogP contribution in [0.25, 0.3) is 0 Å². The van der Waals surface area contributed by atoms with Crippen molar-refractivity contribution < 1.29 is 13.3 Å². The summed E-state index contributed by atoms with van der Waals surface area (Å²) < 4.78 is 28.4. The third kappa shape index (κ3) is 19.3. The number of hydrogen-bond donors (Lipinski definition) is 0. The minimum absolute atomic E-state index is 0.0253. The molecule has 25 heavy (non-hydrogen) atoms. The molecule has 1 atom stereocenters. The van der Waals surface area contributed by atoms with E-state index in [1.165, 1.54) is 25.7 Å². The first kappa shape index (κ1) is 24.1. The average Bonchev–Trinajstić information content (AvgIpc) is 2.60. The SMILES string of the molecule is CCCCC/C=C/C/C=C/C/C=C/C/C=C/CCCCP(=O)(F)OC. The first-order chi connectivity index (χ1) is 12.1. The molecule has 0 saturated carbocycles. The van der Waals surface area contributed by atoms with E-state index in [9.17, 15) is 8.76 Å². The Morgan fingerprint density at radius 3 is 1.64 bits per heavy atom. The number of allylic oxidation sites excluding steroid dienone is 8. The molecule has 0 saturated heterocycles. The van der Waals surface area contributed by atoms with Crippen LogP contribution in [0.4, 0.5) is 4.20 Å². The molecule has 0 heterocycles. The predicted molar refractivity (Wildman–Crippen MR) is 109 cm³/mol. The van der Waals surface area contributed by atoms with Crippen molar-refractivity contribution in [2.75, 3.05) is 13.3 Å². The van der Waals surface area contributed by atoms with E-state index in [4.69, 9.17) is 0 Å². The molecule has 0 rings (SSSR count). The zero-order valence-corrected chi connectivity index (χ0v) is 16.9. The second-order valence-corrected chi connectivity index (χ2v) is 8.07. The van der Waals surface area contributed by atoms with E-state index in [0.29, 0.717) is 6.42 Å². The molecular weight excluding hydrogens is 334 g/mol. The Bertz CT molecular complexity index is 453. The zero-order valence-electron chi connectivity index (χ0n) is 16.0. The molecule has 0 aliphatic carbocycles. The van der Waals surface area contributed by atoms with Crippen LogP contribution in [0.15, 0.2) is 48.6 Å². The van der Waals surface area contributed by atoms with Gasteiger partial charge in [0.05, 0.1) is 6.16 Å². The average molecular weight is 370 g/mol. The Labute approximate surface area is 154 Å². The van der Waals surface area contributed by atoms with Crippen molar-refractivity contribution in [2.24, 2.45) is 0 Å². The summed E-state index contributed by atoms with van der Waals surface area (Å²) in [6, 6.07) is 0. The number of rotatable bonds is 16. The predicted octanol–water partition coefficient (Wildman–Crippen LogP) is 7.94. The van der Waals surface area contributed by atoms with Crippen LogP contribution >= 0.6 is 7.68 Å². The fourth-order valence-electron chi connectivity index (χ4n) is 2.22. The monoisotopic (exact) mass is 370 g/mol. The molecule has 0 aromatic heterocycles. The number of halogens is 1. The van der Waals surface area contributed by atoms with Crippen LogP contribution in [-0.4, -0.2) is 13.3 Å². The van der Waals surface area contributed by atoms with Crippen LogP contribution in [0.2, 0.25) is 0 Å². The smallest absolute Gasteiger partial charge is 0.309 e. The Morgan fingerprint density at radius 1 is 0.760 bits per heavy atom. The largest absolute Gasteiger partial charge is 0.367 e. The van der Waals surface area contributed by atoms with Crippen molar-refractivity contribution in [3.63, 3.8) is 0 Å². The van der Waals surface area contributed by atoms with E-state index in [1.54, 1.807) is 0 Å². The normalized spacial score (nSPS) is 15.2. The maximum absolute atomic E-state index is 13.0. The standard InChI is InChI=1S/C21H36FO2P/c1-3-4-5-6-7-8-9-10-11-12-13-14-15-16-17-18-19-20-21-25(22,23)24-2/h7-8,10-11,13-14,16-17H,3-6,9,12,15,18-21H2,1-2H3/b8-7+,11-10+,14-13+,17-16+. The molecule has 0 aliphatic heterocycles. The van der Waals surface area contributed by atoms with E-state index in [0.717, 1.165) is 39.2 Å². The molecule has 0 amide bonds. The molecule has 0 aromatic rings.